The second kappa shape index (κ2) is 10.4. The fourth-order valence-electron chi connectivity index (χ4n) is 4.58. The maximum atomic E-state index is 14.3. The predicted octanol–water partition coefficient (Wildman–Crippen LogP) is 5.74. The Balaban J connectivity index is 1.32. The first-order valence-corrected chi connectivity index (χ1v) is 12.9. The quantitative estimate of drug-likeness (QED) is 0.253. The lowest BCUT2D eigenvalue weighted by Crippen LogP contribution is -2.31. The first-order chi connectivity index (χ1) is 19.7. The van der Waals surface area contributed by atoms with E-state index in [-0.39, 0.29) is 28.3 Å². The molecule has 13 heteroatoms. The molecule has 6 rings (SSSR count). The van der Waals surface area contributed by atoms with Crippen LogP contribution < -0.4 is 16.6 Å². The predicted molar refractivity (Wildman–Crippen MR) is 148 cm³/mol. The van der Waals surface area contributed by atoms with Gasteiger partial charge in [-0.15, -0.1) is 0 Å². The van der Waals surface area contributed by atoms with Crippen molar-refractivity contribution in [2.24, 2.45) is 0 Å². The van der Waals surface area contributed by atoms with Crippen LogP contribution in [0.25, 0.3) is 27.8 Å². The number of amides is 1. The standard InChI is InChI=1S/C28H21ClF3N7O2/c29-16-5-9-18(10-6-16)39-28(41)19(11-21(37-39)15-1-2-15)27(40)36-17-7-3-14(4-8-17)20-12-38(24(32)23(30)31)26-22(20)25(33)34-13-35-26/h3-13,15,23-24H,1-2H2,(H,36,40)(H2,33,34,35). The maximum Gasteiger partial charge on any atom is 0.288 e. The summed E-state index contributed by atoms with van der Waals surface area (Å²) >= 11 is 5.98. The van der Waals surface area contributed by atoms with Crippen LogP contribution in [0.4, 0.5) is 24.7 Å². The van der Waals surface area contributed by atoms with Crippen molar-refractivity contribution >= 4 is 40.0 Å². The third-order valence-corrected chi connectivity index (χ3v) is 7.06. The van der Waals surface area contributed by atoms with Crippen molar-refractivity contribution < 1.29 is 18.0 Å². The van der Waals surface area contributed by atoms with Crippen LogP contribution in [0.5, 0.6) is 0 Å². The smallest absolute Gasteiger partial charge is 0.288 e. The number of benzene rings is 2. The minimum atomic E-state index is -3.27. The zero-order valence-electron chi connectivity index (χ0n) is 21.1. The number of carbonyl (C=O) groups excluding carboxylic acids is 1. The van der Waals surface area contributed by atoms with Crippen LogP contribution in [0.15, 0.2) is 71.9 Å². The fourth-order valence-corrected chi connectivity index (χ4v) is 4.71. The summed E-state index contributed by atoms with van der Waals surface area (Å²) in [5.74, 6) is -0.447. The van der Waals surface area contributed by atoms with Crippen molar-refractivity contribution in [3.05, 3.63) is 93.8 Å². The van der Waals surface area contributed by atoms with Crippen molar-refractivity contribution in [2.45, 2.75) is 31.5 Å². The molecule has 1 unspecified atom stereocenters. The normalized spacial score (nSPS) is 14.0. The summed E-state index contributed by atoms with van der Waals surface area (Å²) in [6.07, 6.45) is -1.79. The van der Waals surface area contributed by atoms with E-state index in [0.717, 1.165) is 23.7 Å². The molecule has 0 saturated heterocycles. The first kappa shape index (κ1) is 26.5. The summed E-state index contributed by atoms with van der Waals surface area (Å²) in [5, 5.41) is 7.92. The molecule has 1 aliphatic carbocycles. The van der Waals surface area contributed by atoms with E-state index in [1.54, 1.807) is 48.5 Å². The number of nitrogen functional groups attached to an aromatic ring is 1. The lowest BCUT2D eigenvalue weighted by Gasteiger charge is -2.11. The third kappa shape index (κ3) is 5.02. The molecule has 5 aromatic rings. The Morgan fingerprint density at radius 2 is 1.76 bits per heavy atom. The van der Waals surface area contributed by atoms with Gasteiger partial charge in [0.25, 0.3) is 17.9 Å². The molecular weight excluding hydrogens is 559 g/mol. The minimum Gasteiger partial charge on any atom is -0.383 e. The largest absolute Gasteiger partial charge is 0.383 e. The van der Waals surface area contributed by atoms with Crippen LogP contribution in [0, 0.1) is 0 Å². The van der Waals surface area contributed by atoms with Gasteiger partial charge in [0, 0.05) is 28.4 Å². The van der Waals surface area contributed by atoms with Crippen molar-refractivity contribution in [3.63, 3.8) is 0 Å². The van der Waals surface area contributed by atoms with E-state index in [4.69, 9.17) is 17.3 Å². The summed E-state index contributed by atoms with van der Waals surface area (Å²) < 4.78 is 42.6. The molecule has 0 aliphatic heterocycles. The molecule has 3 aromatic heterocycles. The van der Waals surface area contributed by atoms with Crippen LogP contribution >= 0.6 is 11.6 Å². The van der Waals surface area contributed by atoms with Crippen LogP contribution in [0.3, 0.4) is 0 Å². The molecule has 208 valence electrons. The maximum absolute atomic E-state index is 14.3. The van der Waals surface area contributed by atoms with Gasteiger partial charge < -0.3 is 11.1 Å². The number of nitrogens with zero attached hydrogens (tertiary/aromatic N) is 5. The van der Waals surface area contributed by atoms with Crippen molar-refractivity contribution in [3.8, 4) is 16.8 Å². The van der Waals surface area contributed by atoms with Gasteiger partial charge in [-0.2, -0.15) is 9.78 Å². The lowest BCUT2D eigenvalue weighted by atomic mass is 10.1. The summed E-state index contributed by atoms with van der Waals surface area (Å²) in [7, 11) is 0. The molecule has 1 saturated carbocycles. The highest BCUT2D eigenvalue weighted by atomic mass is 35.5. The number of hydrogen-bond acceptors (Lipinski definition) is 6. The summed E-state index contributed by atoms with van der Waals surface area (Å²) in [6, 6.07) is 14.4. The van der Waals surface area contributed by atoms with E-state index in [1.807, 2.05) is 0 Å². The van der Waals surface area contributed by atoms with E-state index in [1.165, 1.54) is 16.9 Å². The van der Waals surface area contributed by atoms with E-state index >= 15 is 0 Å². The monoisotopic (exact) mass is 579 g/mol. The number of fused-ring (bicyclic) bond motifs is 1. The van der Waals surface area contributed by atoms with Crippen molar-refractivity contribution in [2.75, 3.05) is 11.1 Å². The number of anilines is 2. The van der Waals surface area contributed by atoms with E-state index < -0.39 is 24.2 Å². The number of hydrogen-bond donors (Lipinski definition) is 2. The molecule has 1 aliphatic rings. The van der Waals surface area contributed by atoms with Gasteiger partial charge in [-0.3, -0.25) is 14.2 Å². The zero-order valence-corrected chi connectivity index (χ0v) is 21.9. The average molecular weight is 580 g/mol. The fraction of sp³-hybridized carbons (Fsp3) is 0.179. The van der Waals surface area contributed by atoms with Gasteiger partial charge in [0.15, 0.2) is 0 Å². The second-order valence-corrected chi connectivity index (χ2v) is 10.0. The lowest BCUT2D eigenvalue weighted by molar-refractivity contribution is 0.0104. The minimum absolute atomic E-state index is 0.00344. The third-order valence-electron chi connectivity index (χ3n) is 6.81. The number of aromatic nitrogens is 5. The summed E-state index contributed by atoms with van der Waals surface area (Å²) in [5.41, 5.74) is 7.58. The molecular formula is C28H21ClF3N7O2. The molecule has 0 spiro atoms. The van der Waals surface area contributed by atoms with E-state index in [9.17, 15) is 22.8 Å². The van der Waals surface area contributed by atoms with Crippen molar-refractivity contribution in [1.82, 2.24) is 24.3 Å². The van der Waals surface area contributed by atoms with Gasteiger partial charge in [0.05, 0.1) is 16.8 Å². The second-order valence-electron chi connectivity index (χ2n) is 9.60. The number of rotatable bonds is 7. The molecule has 0 radical (unpaired) electrons. The highest BCUT2D eigenvalue weighted by Gasteiger charge is 2.29. The Labute approximate surface area is 235 Å². The first-order valence-electron chi connectivity index (χ1n) is 12.6. The Bertz CT molecular complexity index is 1840. The van der Waals surface area contributed by atoms with Gasteiger partial charge in [0.2, 0.25) is 6.30 Å². The zero-order chi connectivity index (χ0) is 28.8. The highest BCUT2D eigenvalue weighted by Crippen LogP contribution is 2.39. The molecule has 1 amide bonds. The number of nitrogens with one attached hydrogen (secondary N) is 1. The Hall–Kier alpha value is -4.71. The van der Waals surface area contributed by atoms with E-state index in [0.29, 0.717) is 33.2 Å². The van der Waals surface area contributed by atoms with Gasteiger partial charge in [-0.05, 0) is 60.9 Å². The van der Waals surface area contributed by atoms with Crippen molar-refractivity contribution in [1.29, 1.82) is 0 Å². The summed E-state index contributed by atoms with van der Waals surface area (Å²) in [6.45, 7) is 0. The van der Waals surface area contributed by atoms with Crippen LogP contribution in [0.2, 0.25) is 5.02 Å². The van der Waals surface area contributed by atoms with Gasteiger partial charge >= 0.3 is 0 Å². The molecule has 3 N–H and O–H groups in total. The SMILES string of the molecule is Nc1ncnc2c1c(-c1ccc(NC(=O)c3cc(C4CC4)nn(-c4ccc(Cl)cc4)c3=O)cc1)cn2C(F)C(F)F. The van der Waals surface area contributed by atoms with Crippen LogP contribution in [-0.4, -0.2) is 36.6 Å². The van der Waals surface area contributed by atoms with Gasteiger partial charge in [0.1, 0.15) is 23.4 Å². The molecule has 9 nitrogen and oxygen atoms in total. The topological polar surface area (TPSA) is 121 Å². The Morgan fingerprint density at radius 3 is 2.41 bits per heavy atom. The number of halogens is 4. The van der Waals surface area contributed by atoms with Crippen LogP contribution in [0.1, 0.15) is 41.1 Å². The average Bonchev–Trinajstić information content (AvgIpc) is 3.74. The number of alkyl halides is 3. The summed E-state index contributed by atoms with van der Waals surface area (Å²) in [4.78, 5) is 34.4. The number of nitrogens with two attached hydrogens (primary N) is 1. The molecule has 3 heterocycles. The molecule has 0 bridgehead atoms. The Morgan fingerprint density at radius 1 is 1.05 bits per heavy atom. The molecule has 41 heavy (non-hydrogen) atoms. The van der Waals surface area contributed by atoms with Gasteiger partial charge in [-0.1, -0.05) is 23.7 Å². The van der Waals surface area contributed by atoms with E-state index in [2.05, 4.69) is 20.4 Å². The van der Waals surface area contributed by atoms with Crippen LogP contribution in [-0.2, 0) is 0 Å². The molecule has 1 fully saturated rings. The highest BCUT2D eigenvalue weighted by molar-refractivity contribution is 6.30. The van der Waals surface area contributed by atoms with Gasteiger partial charge in [-0.25, -0.2) is 23.1 Å². The Kier molecular flexibility index (Phi) is 6.70. The number of carbonyl (C=O) groups is 1. The molecule has 2 aromatic carbocycles. The molecule has 1 atom stereocenters.